The van der Waals surface area contributed by atoms with E-state index in [9.17, 15) is 10.1 Å². The number of aromatic amines is 1. The van der Waals surface area contributed by atoms with E-state index in [0.717, 1.165) is 0 Å². The van der Waals surface area contributed by atoms with E-state index >= 15 is 0 Å². The van der Waals surface area contributed by atoms with Crippen LogP contribution in [0.5, 0.6) is 5.75 Å². The molecular weight excluding hydrogens is 318 g/mol. The highest BCUT2D eigenvalue weighted by molar-refractivity contribution is 6.13. The predicted molar refractivity (Wildman–Crippen MR) is 90.6 cm³/mol. The first-order valence-corrected chi connectivity index (χ1v) is 7.73. The van der Waals surface area contributed by atoms with Crippen LogP contribution in [0.1, 0.15) is 16.8 Å². The Bertz CT molecular complexity index is 997. The summed E-state index contributed by atoms with van der Waals surface area (Å²) in [7, 11) is 0. The summed E-state index contributed by atoms with van der Waals surface area (Å²) in [5.74, 6) is 0.595. The standard InChI is InChI=1S/C18H15N5O2/c1-3-8-23-16-14(10(2)21-22-16)18(17(23)24)11-6-4-5-7-13(11)25-15(20)12(18)9-19/h3-7H,1,8,20H2,2H3,(H,21,22)/t18-/m1/s1. The Balaban J connectivity index is 2.15. The predicted octanol–water partition coefficient (Wildman–Crippen LogP) is 1.62. The number of nitriles is 1. The molecule has 0 saturated carbocycles. The first-order valence-electron chi connectivity index (χ1n) is 7.73. The van der Waals surface area contributed by atoms with Gasteiger partial charge in [0, 0.05) is 23.4 Å². The van der Waals surface area contributed by atoms with Crippen LogP contribution in [0.25, 0.3) is 0 Å². The zero-order valence-corrected chi connectivity index (χ0v) is 13.5. The topological polar surface area (TPSA) is 108 Å². The number of nitrogens with two attached hydrogens (primary N) is 1. The Labute approximate surface area is 144 Å². The van der Waals surface area contributed by atoms with Gasteiger partial charge in [0.2, 0.25) is 11.8 Å². The van der Waals surface area contributed by atoms with Gasteiger partial charge in [-0.3, -0.25) is 14.8 Å². The van der Waals surface area contributed by atoms with Crippen molar-refractivity contribution in [2.45, 2.75) is 12.3 Å². The zero-order chi connectivity index (χ0) is 17.8. The lowest BCUT2D eigenvalue weighted by atomic mass is 9.69. The Hall–Kier alpha value is -3.53. The molecule has 2 aromatic rings. The lowest BCUT2D eigenvalue weighted by Crippen LogP contribution is -2.46. The molecule has 0 fully saturated rings. The number of carbonyl (C=O) groups is 1. The highest BCUT2D eigenvalue weighted by Gasteiger charge is 2.61. The van der Waals surface area contributed by atoms with Crippen molar-refractivity contribution in [1.82, 2.24) is 10.2 Å². The molecule has 2 aliphatic rings. The molecule has 0 bridgehead atoms. The molecule has 0 saturated heterocycles. The fourth-order valence-corrected chi connectivity index (χ4v) is 3.74. The van der Waals surface area contributed by atoms with Crippen LogP contribution in [0.3, 0.4) is 0 Å². The average Bonchev–Trinajstić information content (AvgIpc) is 3.09. The van der Waals surface area contributed by atoms with Crippen molar-refractivity contribution < 1.29 is 9.53 Å². The molecule has 4 rings (SSSR count). The summed E-state index contributed by atoms with van der Waals surface area (Å²) >= 11 is 0. The molecule has 1 atom stereocenters. The molecule has 1 aromatic heterocycles. The Morgan fingerprint density at radius 3 is 3.00 bits per heavy atom. The van der Waals surface area contributed by atoms with Crippen LogP contribution in [0.4, 0.5) is 5.82 Å². The largest absolute Gasteiger partial charge is 0.440 e. The molecule has 0 unspecified atom stereocenters. The number of rotatable bonds is 2. The van der Waals surface area contributed by atoms with Gasteiger partial charge in [-0.05, 0) is 13.0 Å². The molecule has 3 heterocycles. The second-order valence-electron chi connectivity index (χ2n) is 5.95. The van der Waals surface area contributed by atoms with Crippen LogP contribution in [-0.2, 0) is 10.2 Å². The Morgan fingerprint density at radius 1 is 1.52 bits per heavy atom. The van der Waals surface area contributed by atoms with Gasteiger partial charge in [-0.2, -0.15) is 10.4 Å². The number of H-pyrrole nitrogens is 1. The SMILES string of the molecule is C=CCN1C(=O)[C@]2(C(C#N)=C(N)Oc3ccccc32)c2c1n[nH]c2C. The third-order valence-electron chi connectivity index (χ3n) is 4.68. The summed E-state index contributed by atoms with van der Waals surface area (Å²) in [6.07, 6.45) is 1.62. The number of anilines is 1. The van der Waals surface area contributed by atoms with Crippen LogP contribution in [0, 0.1) is 18.3 Å². The average molecular weight is 333 g/mol. The normalized spacial score (nSPS) is 21.0. The van der Waals surface area contributed by atoms with Gasteiger partial charge in [-0.25, -0.2) is 0 Å². The van der Waals surface area contributed by atoms with Crippen LogP contribution in [0.15, 0.2) is 48.4 Å². The molecule has 25 heavy (non-hydrogen) atoms. The molecule has 124 valence electrons. The molecule has 1 spiro atoms. The number of para-hydroxylation sites is 1. The monoisotopic (exact) mass is 333 g/mol. The summed E-state index contributed by atoms with van der Waals surface area (Å²) < 4.78 is 5.61. The summed E-state index contributed by atoms with van der Waals surface area (Å²) in [6.45, 7) is 5.81. The number of hydrogen-bond acceptors (Lipinski definition) is 5. The number of aromatic nitrogens is 2. The number of amides is 1. The van der Waals surface area contributed by atoms with Gasteiger partial charge in [0.05, 0.1) is 0 Å². The minimum Gasteiger partial charge on any atom is -0.440 e. The third kappa shape index (κ3) is 1.63. The van der Waals surface area contributed by atoms with E-state index in [4.69, 9.17) is 10.5 Å². The van der Waals surface area contributed by atoms with Crippen LogP contribution in [0.2, 0.25) is 0 Å². The summed E-state index contributed by atoms with van der Waals surface area (Å²) in [4.78, 5) is 15.1. The fraction of sp³-hybridized carbons (Fsp3) is 0.167. The maximum absolute atomic E-state index is 13.5. The molecule has 1 amide bonds. The number of aryl methyl sites for hydroxylation is 1. The van der Waals surface area contributed by atoms with Gasteiger partial charge in [0.15, 0.2) is 5.82 Å². The number of ether oxygens (including phenoxy) is 1. The summed E-state index contributed by atoms with van der Waals surface area (Å²) in [5, 5.41) is 17.0. The highest BCUT2D eigenvalue weighted by atomic mass is 16.5. The molecule has 3 N–H and O–H groups in total. The fourth-order valence-electron chi connectivity index (χ4n) is 3.74. The van der Waals surface area contributed by atoms with Crippen molar-refractivity contribution in [3.63, 3.8) is 0 Å². The van der Waals surface area contributed by atoms with Crippen LogP contribution >= 0.6 is 0 Å². The molecule has 0 radical (unpaired) electrons. The quantitative estimate of drug-likeness (QED) is 0.812. The minimum absolute atomic E-state index is 0.0680. The maximum Gasteiger partial charge on any atom is 0.249 e. The molecule has 7 nitrogen and oxygen atoms in total. The lowest BCUT2D eigenvalue weighted by molar-refractivity contribution is -0.120. The van der Waals surface area contributed by atoms with E-state index in [2.05, 4.69) is 22.8 Å². The van der Waals surface area contributed by atoms with Crippen molar-refractivity contribution in [2.24, 2.45) is 5.73 Å². The van der Waals surface area contributed by atoms with Gasteiger partial charge in [-0.15, -0.1) is 6.58 Å². The van der Waals surface area contributed by atoms with E-state index in [0.29, 0.717) is 28.4 Å². The first kappa shape index (κ1) is 15.0. The number of fused-ring (bicyclic) bond motifs is 4. The second kappa shape index (κ2) is 4.98. The van der Waals surface area contributed by atoms with Crippen molar-refractivity contribution in [1.29, 1.82) is 5.26 Å². The molecule has 1 aromatic carbocycles. The zero-order valence-electron chi connectivity index (χ0n) is 13.5. The molecule has 2 aliphatic heterocycles. The van der Waals surface area contributed by atoms with Gasteiger partial charge < -0.3 is 10.5 Å². The van der Waals surface area contributed by atoms with E-state index in [1.165, 1.54) is 4.90 Å². The Kier molecular flexibility index (Phi) is 2.99. The smallest absolute Gasteiger partial charge is 0.249 e. The van der Waals surface area contributed by atoms with E-state index in [1.807, 2.05) is 6.92 Å². The third-order valence-corrected chi connectivity index (χ3v) is 4.68. The van der Waals surface area contributed by atoms with Gasteiger partial charge in [-0.1, -0.05) is 24.3 Å². The summed E-state index contributed by atoms with van der Waals surface area (Å²) in [6, 6.07) is 9.21. The maximum atomic E-state index is 13.5. The Morgan fingerprint density at radius 2 is 2.28 bits per heavy atom. The number of nitrogens with one attached hydrogen (secondary N) is 1. The first-order chi connectivity index (χ1) is 12.1. The number of hydrogen-bond donors (Lipinski definition) is 2. The summed E-state index contributed by atoms with van der Waals surface area (Å²) in [5.41, 5.74) is 6.67. The number of carbonyl (C=O) groups excluding carboxylic acids is 1. The second-order valence-corrected chi connectivity index (χ2v) is 5.95. The molecule has 7 heteroatoms. The van der Waals surface area contributed by atoms with E-state index < -0.39 is 5.41 Å². The van der Waals surface area contributed by atoms with Crippen molar-refractivity contribution in [3.8, 4) is 11.8 Å². The van der Waals surface area contributed by atoms with Crippen LogP contribution in [-0.4, -0.2) is 22.6 Å². The van der Waals surface area contributed by atoms with Crippen LogP contribution < -0.4 is 15.4 Å². The molecular formula is C18H15N5O2. The van der Waals surface area contributed by atoms with Crippen molar-refractivity contribution >= 4 is 11.7 Å². The minimum atomic E-state index is -1.36. The lowest BCUT2D eigenvalue weighted by Gasteiger charge is -2.34. The van der Waals surface area contributed by atoms with E-state index in [1.54, 1.807) is 30.3 Å². The number of nitrogens with zero attached hydrogens (tertiary/aromatic N) is 3. The highest BCUT2D eigenvalue weighted by Crippen LogP contribution is 2.55. The number of benzene rings is 1. The van der Waals surface area contributed by atoms with Gasteiger partial charge in [0.1, 0.15) is 22.8 Å². The molecule has 0 aliphatic carbocycles. The van der Waals surface area contributed by atoms with Crippen molar-refractivity contribution in [2.75, 3.05) is 11.4 Å². The van der Waals surface area contributed by atoms with Crippen molar-refractivity contribution in [3.05, 3.63) is 65.2 Å². The van der Waals surface area contributed by atoms with Gasteiger partial charge >= 0.3 is 0 Å². The van der Waals surface area contributed by atoms with Gasteiger partial charge in [0.25, 0.3) is 0 Å². The van der Waals surface area contributed by atoms with E-state index in [-0.39, 0.29) is 23.9 Å².